The minimum atomic E-state index is -0.881. The zero-order valence-corrected chi connectivity index (χ0v) is 11.9. The summed E-state index contributed by atoms with van der Waals surface area (Å²) in [6.07, 6.45) is 4.09. The van der Waals surface area contributed by atoms with Gasteiger partial charge in [-0.3, -0.25) is 0 Å². The molecule has 4 nitrogen and oxygen atoms in total. The van der Waals surface area contributed by atoms with E-state index in [2.05, 4.69) is 18.8 Å². The Labute approximate surface area is 114 Å². The van der Waals surface area contributed by atoms with Crippen molar-refractivity contribution in [1.29, 1.82) is 0 Å². The first-order chi connectivity index (χ1) is 9.02. The minimum absolute atomic E-state index is 0.339. The molecular formula is C15H22N2O2. The summed E-state index contributed by atoms with van der Waals surface area (Å²) in [5, 5.41) is 9.37. The van der Waals surface area contributed by atoms with Gasteiger partial charge in [0.1, 0.15) is 11.4 Å². The second kappa shape index (κ2) is 5.59. The molecule has 0 aromatic carbocycles. The van der Waals surface area contributed by atoms with Crippen LogP contribution in [0.4, 0.5) is 5.82 Å². The number of carboxylic acid groups (broad SMARTS) is 1. The minimum Gasteiger partial charge on any atom is -0.478 e. The largest absolute Gasteiger partial charge is 0.478 e. The van der Waals surface area contributed by atoms with Gasteiger partial charge in [-0.15, -0.1) is 0 Å². The van der Waals surface area contributed by atoms with Crippen molar-refractivity contribution in [3.63, 3.8) is 0 Å². The number of aromatic nitrogens is 1. The summed E-state index contributed by atoms with van der Waals surface area (Å²) in [5.41, 5.74) is 2.53. The van der Waals surface area contributed by atoms with Crippen molar-refractivity contribution < 1.29 is 9.90 Å². The normalized spacial score (nSPS) is 15.1. The van der Waals surface area contributed by atoms with Crippen molar-refractivity contribution in [2.45, 2.75) is 39.5 Å². The Morgan fingerprint density at radius 2 is 2.26 bits per heavy atom. The molecule has 0 aliphatic heterocycles. The van der Waals surface area contributed by atoms with Crippen LogP contribution in [0.25, 0.3) is 0 Å². The number of aromatic carboxylic acids is 1. The topological polar surface area (TPSA) is 53.4 Å². The maximum atomic E-state index is 11.4. The molecule has 1 N–H and O–H groups in total. The van der Waals surface area contributed by atoms with Crippen LogP contribution in [0.15, 0.2) is 6.07 Å². The highest BCUT2D eigenvalue weighted by Gasteiger charge is 2.22. The average molecular weight is 262 g/mol. The zero-order valence-electron chi connectivity index (χ0n) is 11.9. The molecule has 19 heavy (non-hydrogen) atoms. The average Bonchev–Trinajstić information content (AvgIpc) is 2.83. The summed E-state index contributed by atoms with van der Waals surface area (Å²) in [6, 6.07) is 1.82. The molecule has 104 valence electrons. The predicted octanol–water partition coefficient (Wildman–Crippen LogP) is 2.75. The first-order valence-electron chi connectivity index (χ1n) is 7.00. The smallest absolute Gasteiger partial charge is 0.339 e. The van der Waals surface area contributed by atoms with Crippen LogP contribution >= 0.6 is 0 Å². The van der Waals surface area contributed by atoms with E-state index >= 15 is 0 Å². The molecule has 4 heteroatoms. The highest BCUT2D eigenvalue weighted by atomic mass is 16.4. The van der Waals surface area contributed by atoms with Crippen LogP contribution in [0.1, 0.15) is 48.3 Å². The first-order valence-corrected chi connectivity index (χ1v) is 7.00. The van der Waals surface area contributed by atoms with Gasteiger partial charge < -0.3 is 10.0 Å². The van der Waals surface area contributed by atoms with Crippen LogP contribution in [0.3, 0.4) is 0 Å². The van der Waals surface area contributed by atoms with Gasteiger partial charge in [0.25, 0.3) is 0 Å². The molecule has 2 rings (SSSR count). The summed E-state index contributed by atoms with van der Waals surface area (Å²) < 4.78 is 0. The van der Waals surface area contributed by atoms with Gasteiger partial charge in [0, 0.05) is 19.3 Å². The number of hydrogen-bond acceptors (Lipinski definition) is 3. The number of rotatable bonds is 5. The van der Waals surface area contributed by atoms with E-state index in [1.54, 1.807) is 0 Å². The van der Waals surface area contributed by atoms with E-state index in [1.807, 2.05) is 18.0 Å². The van der Waals surface area contributed by atoms with Crippen LogP contribution < -0.4 is 4.90 Å². The molecule has 1 aromatic heterocycles. The molecule has 1 aliphatic carbocycles. The summed E-state index contributed by atoms with van der Waals surface area (Å²) in [4.78, 5) is 18.0. The number of carbonyl (C=O) groups is 1. The van der Waals surface area contributed by atoms with Crippen LogP contribution in [0, 0.1) is 5.92 Å². The van der Waals surface area contributed by atoms with Crippen molar-refractivity contribution in [3.8, 4) is 0 Å². The van der Waals surface area contributed by atoms with Crippen LogP contribution in [-0.4, -0.2) is 29.7 Å². The lowest BCUT2D eigenvalue weighted by molar-refractivity contribution is 0.0697. The molecule has 1 atom stereocenters. The maximum absolute atomic E-state index is 11.4. The summed E-state index contributed by atoms with van der Waals surface area (Å²) in [7, 11) is 1.93. The predicted molar refractivity (Wildman–Crippen MR) is 75.9 cm³/mol. The van der Waals surface area contributed by atoms with E-state index in [9.17, 15) is 9.90 Å². The lowest BCUT2D eigenvalue weighted by Crippen LogP contribution is -2.27. The molecule has 0 spiro atoms. The Morgan fingerprint density at radius 1 is 1.53 bits per heavy atom. The standard InChI is InChI=1S/C15H22N2O2/c1-4-10(2)9-17(3)14-12(15(18)19)8-11-6-5-7-13(11)16-14/h8,10H,4-7,9H2,1-3H3,(H,18,19). The number of fused-ring (bicyclic) bond motifs is 1. The number of pyridine rings is 1. The Bertz CT molecular complexity index is 485. The van der Waals surface area contributed by atoms with Gasteiger partial charge in [0.05, 0.1) is 0 Å². The SMILES string of the molecule is CCC(C)CN(C)c1nc2c(cc1C(=O)O)CCC2. The second-order valence-corrected chi connectivity index (χ2v) is 5.52. The Kier molecular flexibility index (Phi) is 4.08. The molecular weight excluding hydrogens is 240 g/mol. The number of carboxylic acids is 1. The summed E-state index contributed by atoms with van der Waals surface area (Å²) in [5.74, 6) is 0.267. The maximum Gasteiger partial charge on any atom is 0.339 e. The Balaban J connectivity index is 2.35. The third kappa shape index (κ3) is 2.88. The van der Waals surface area contributed by atoms with Gasteiger partial charge in [-0.1, -0.05) is 20.3 Å². The van der Waals surface area contributed by atoms with E-state index in [4.69, 9.17) is 0 Å². The zero-order chi connectivity index (χ0) is 14.0. The number of hydrogen-bond donors (Lipinski definition) is 1. The molecule has 1 unspecified atom stereocenters. The van der Waals surface area contributed by atoms with E-state index in [-0.39, 0.29) is 0 Å². The number of anilines is 1. The third-order valence-electron chi connectivity index (χ3n) is 3.91. The van der Waals surface area contributed by atoms with Gasteiger partial charge in [-0.2, -0.15) is 0 Å². The first kappa shape index (κ1) is 13.8. The molecule has 0 amide bonds. The molecule has 0 radical (unpaired) electrons. The van der Waals surface area contributed by atoms with Gasteiger partial charge in [0.15, 0.2) is 0 Å². The Hall–Kier alpha value is -1.58. The number of nitrogens with zero attached hydrogens (tertiary/aromatic N) is 2. The summed E-state index contributed by atoms with van der Waals surface area (Å²) >= 11 is 0. The quantitative estimate of drug-likeness (QED) is 0.886. The van der Waals surface area contributed by atoms with E-state index < -0.39 is 5.97 Å². The fourth-order valence-corrected chi connectivity index (χ4v) is 2.59. The molecule has 0 saturated carbocycles. The van der Waals surface area contributed by atoms with Gasteiger partial charge in [-0.05, 0) is 36.8 Å². The molecule has 0 bridgehead atoms. The molecule has 1 aromatic rings. The Morgan fingerprint density at radius 3 is 2.89 bits per heavy atom. The lowest BCUT2D eigenvalue weighted by atomic mass is 10.1. The lowest BCUT2D eigenvalue weighted by Gasteiger charge is -2.24. The molecule has 1 aliphatic rings. The van der Waals surface area contributed by atoms with E-state index in [1.165, 1.54) is 0 Å². The number of aryl methyl sites for hydroxylation is 2. The van der Waals surface area contributed by atoms with Crippen molar-refractivity contribution in [1.82, 2.24) is 4.98 Å². The van der Waals surface area contributed by atoms with Crippen LogP contribution in [0.2, 0.25) is 0 Å². The summed E-state index contributed by atoms with van der Waals surface area (Å²) in [6.45, 7) is 5.15. The van der Waals surface area contributed by atoms with Crippen molar-refractivity contribution >= 4 is 11.8 Å². The van der Waals surface area contributed by atoms with Gasteiger partial charge in [-0.25, -0.2) is 9.78 Å². The molecule has 1 heterocycles. The molecule has 0 fully saturated rings. The molecule has 0 saturated heterocycles. The van der Waals surface area contributed by atoms with Crippen LogP contribution in [0.5, 0.6) is 0 Å². The van der Waals surface area contributed by atoms with Crippen molar-refractivity contribution in [2.75, 3.05) is 18.5 Å². The fourth-order valence-electron chi connectivity index (χ4n) is 2.59. The van der Waals surface area contributed by atoms with Crippen molar-refractivity contribution in [3.05, 3.63) is 22.9 Å². The van der Waals surface area contributed by atoms with Crippen LogP contribution in [-0.2, 0) is 12.8 Å². The highest BCUT2D eigenvalue weighted by Crippen LogP contribution is 2.27. The third-order valence-corrected chi connectivity index (χ3v) is 3.91. The fraction of sp³-hybridized carbons (Fsp3) is 0.600. The highest BCUT2D eigenvalue weighted by molar-refractivity contribution is 5.93. The van der Waals surface area contributed by atoms with Gasteiger partial charge >= 0.3 is 5.97 Å². The van der Waals surface area contributed by atoms with E-state index in [0.717, 1.165) is 43.5 Å². The van der Waals surface area contributed by atoms with Gasteiger partial charge in [0.2, 0.25) is 0 Å². The van der Waals surface area contributed by atoms with E-state index in [0.29, 0.717) is 17.3 Å². The monoisotopic (exact) mass is 262 g/mol. The second-order valence-electron chi connectivity index (χ2n) is 5.52. The van der Waals surface area contributed by atoms with Crippen molar-refractivity contribution in [2.24, 2.45) is 5.92 Å².